The molecular formula is C22H28F2N2O4. The molecule has 2 unspecified atom stereocenters. The van der Waals surface area contributed by atoms with Crippen molar-refractivity contribution >= 4 is 12.1 Å². The zero-order chi connectivity index (χ0) is 22.4. The van der Waals surface area contributed by atoms with Gasteiger partial charge in [-0.05, 0) is 31.9 Å². The summed E-state index contributed by atoms with van der Waals surface area (Å²) in [5.74, 6) is -2.07. The van der Waals surface area contributed by atoms with E-state index < -0.39 is 17.6 Å². The maximum atomic E-state index is 14.6. The van der Waals surface area contributed by atoms with Crippen LogP contribution >= 0.6 is 0 Å². The highest BCUT2D eigenvalue weighted by Gasteiger charge is 2.25. The summed E-state index contributed by atoms with van der Waals surface area (Å²) in [6, 6.07) is 3.71. The molecule has 1 aromatic carbocycles. The number of anilines is 1. The molecule has 0 spiro atoms. The minimum atomic E-state index is -0.750. The first-order valence-electron chi connectivity index (χ1n) is 9.74. The number of halogens is 2. The Morgan fingerprint density at radius 1 is 1.23 bits per heavy atom. The molecule has 0 N–H and O–H groups in total. The van der Waals surface area contributed by atoms with Crippen molar-refractivity contribution in [3.8, 4) is 5.75 Å². The lowest BCUT2D eigenvalue weighted by Crippen LogP contribution is -2.36. The number of aromatic nitrogens is 1. The van der Waals surface area contributed by atoms with E-state index in [4.69, 9.17) is 9.47 Å². The van der Waals surface area contributed by atoms with Crippen molar-refractivity contribution in [3.05, 3.63) is 57.5 Å². The molecule has 2 aromatic rings. The molecule has 1 aromatic heterocycles. The molecule has 0 saturated heterocycles. The van der Waals surface area contributed by atoms with Crippen molar-refractivity contribution in [2.24, 2.45) is 0 Å². The number of hydrogen-bond acceptors (Lipinski definition) is 4. The predicted octanol–water partition coefficient (Wildman–Crippen LogP) is 3.81. The number of rotatable bonds is 10. The summed E-state index contributed by atoms with van der Waals surface area (Å²) < 4.78 is 40.7. The number of amides is 1. The topological polar surface area (TPSA) is 60.8 Å². The fourth-order valence-corrected chi connectivity index (χ4v) is 3.57. The van der Waals surface area contributed by atoms with Crippen LogP contribution in [0, 0.1) is 18.6 Å². The molecule has 0 radical (unpaired) electrons. The number of methoxy groups -OCH3 is 2. The fraction of sp³-hybridized carbons (Fsp3) is 0.455. The van der Waals surface area contributed by atoms with E-state index in [0.29, 0.717) is 25.0 Å². The van der Waals surface area contributed by atoms with Crippen LogP contribution in [0.25, 0.3) is 0 Å². The van der Waals surface area contributed by atoms with Gasteiger partial charge in [0.25, 0.3) is 5.56 Å². The van der Waals surface area contributed by atoms with Crippen LogP contribution in [0.15, 0.2) is 29.2 Å². The molecule has 0 saturated carbocycles. The highest BCUT2D eigenvalue weighted by atomic mass is 19.1. The SMILES string of the molecule is CCC(CN(C=O)c1c(C)ccn(C(C)COC)c1=O)c1c(F)cc(OC)cc1F. The summed E-state index contributed by atoms with van der Waals surface area (Å²) in [6.45, 7) is 5.59. The number of carbonyl (C=O) groups excluding carboxylic acids is 1. The molecule has 2 rings (SSSR count). The van der Waals surface area contributed by atoms with Gasteiger partial charge in [0.2, 0.25) is 6.41 Å². The molecule has 0 aliphatic carbocycles. The fourth-order valence-electron chi connectivity index (χ4n) is 3.57. The summed E-state index contributed by atoms with van der Waals surface area (Å²) in [5, 5.41) is 0. The largest absolute Gasteiger partial charge is 0.497 e. The van der Waals surface area contributed by atoms with Gasteiger partial charge in [0.15, 0.2) is 0 Å². The van der Waals surface area contributed by atoms with E-state index in [1.807, 2.05) is 6.92 Å². The molecule has 6 nitrogen and oxygen atoms in total. The van der Waals surface area contributed by atoms with Crippen LogP contribution in [0.4, 0.5) is 14.5 Å². The third-order valence-corrected chi connectivity index (χ3v) is 5.20. The minimum absolute atomic E-state index is 0.0427. The van der Waals surface area contributed by atoms with E-state index in [0.717, 1.165) is 12.1 Å². The Kier molecular flexibility index (Phi) is 8.11. The monoisotopic (exact) mass is 422 g/mol. The Labute approximate surface area is 175 Å². The minimum Gasteiger partial charge on any atom is -0.497 e. The van der Waals surface area contributed by atoms with Crippen molar-refractivity contribution in [2.45, 2.75) is 39.2 Å². The molecule has 164 valence electrons. The van der Waals surface area contributed by atoms with Gasteiger partial charge in [0.05, 0.1) is 19.8 Å². The predicted molar refractivity (Wildman–Crippen MR) is 111 cm³/mol. The van der Waals surface area contributed by atoms with E-state index >= 15 is 0 Å². The second kappa shape index (κ2) is 10.3. The zero-order valence-electron chi connectivity index (χ0n) is 17.9. The maximum absolute atomic E-state index is 14.6. The lowest BCUT2D eigenvalue weighted by Gasteiger charge is -2.26. The standard InChI is InChI=1S/C22H28F2N2O4/c1-6-16(20-18(23)9-17(30-5)10-19(20)24)11-25(13-27)21-14(2)7-8-26(22(21)28)15(3)12-29-4/h7-10,13,15-16H,6,11-12H2,1-5H3. The van der Waals surface area contributed by atoms with Crippen LogP contribution in [0.1, 0.15) is 43.4 Å². The van der Waals surface area contributed by atoms with E-state index in [9.17, 15) is 18.4 Å². The van der Waals surface area contributed by atoms with Crippen LogP contribution in [-0.4, -0.2) is 38.3 Å². The summed E-state index contributed by atoms with van der Waals surface area (Å²) in [7, 11) is 2.87. The van der Waals surface area contributed by atoms with Crippen LogP contribution < -0.4 is 15.2 Å². The smallest absolute Gasteiger partial charge is 0.275 e. The molecule has 0 fully saturated rings. The Hall–Kier alpha value is -2.74. The first-order chi connectivity index (χ1) is 14.3. The average molecular weight is 422 g/mol. The van der Waals surface area contributed by atoms with Gasteiger partial charge in [-0.15, -0.1) is 0 Å². The van der Waals surface area contributed by atoms with Crippen molar-refractivity contribution in [1.29, 1.82) is 0 Å². The Morgan fingerprint density at radius 2 is 1.87 bits per heavy atom. The van der Waals surface area contributed by atoms with Crippen molar-refractivity contribution < 1.29 is 23.0 Å². The van der Waals surface area contributed by atoms with Gasteiger partial charge in [0, 0.05) is 43.5 Å². The van der Waals surface area contributed by atoms with Crippen LogP contribution in [0.2, 0.25) is 0 Å². The third kappa shape index (κ3) is 4.87. The number of aryl methyl sites for hydroxylation is 1. The van der Waals surface area contributed by atoms with E-state index in [-0.39, 0.29) is 35.1 Å². The molecular weight excluding hydrogens is 394 g/mol. The second-order valence-corrected chi connectivity index (χ2v) is 7.23. The van der Waals surface area contributed by atoms with Gasteiger partial charge in [0.1, 0.15) is 23.1 Å². The molecule has 0 aliphatic heterocycles. The third-order valence-electron chi connectivity index (χ3n) is 5.20. The lowest BCUT2D eigenvalue weighted by atomic mass is 9.94. The summed E-state index contributed by atoms with van der Waals surface area (Å²) >= 11 is 0. The highest BCUT2D eigenvalue weighted by molar-refractivity contribution is 5.76. The molecule has 8 heteroatoms. The van der Waals surface area contributed by atoms with Crippen molar-refractivity contribution in [1.82, 2.24) is 4.57 Å². The molecule has 1 heterocycles. The lowest BCUT2D eigenvalue weighted by molar-refractivity contribution is -0.107. The summed E-state index contributed by atoms with van der Waals surface area (Å²) in [5.41, 5.74) is 0.283. The van der Waals surface area contributed by atoms with Gasteiger partial charge in [-0.2, -0.15) is 0 Å². The number of nitrogens with zero attached hydrogens (tertiary/aromatic N) is 2. The molecule has 2 atom stereocenters. The van der Waals surface area contributed by atoms with Gasteiger partial charge in [-0.3, -0.25) is 9.59 Å². The molecule has 0 aliphatic rings. The second-order valence-electron chi connectivity index (χ2n) is 7.23. The maximum Gasteiger partial charge on any atom is 0.275 e. The van der Waals surface area contributed by atoms with Gasteiger partial charge < -0.3 is 18.9 Å². The number of carbonyl (C=O) groups is 1. The number of ether oxygens (including phenoxy) is 2. The van der Waals surface area contributed by atoms with E-state index in [1.54, 1.807) is 26.1 Å². The Morgan fingerprint density at radius 3 is 2.37 bits per heavy atom. The Bertz CT molecular complexity index is 922. The van der Waals surface area contributed by atoms with Gasteiger partial charge >= 0.3 is 0 Å². The van der Waals surface area contributed by atoms with Crippen LogP contribution in [-0.2, 0) is 9.53 Å². The van der Waals surface area contributed by atoms with Gasteiger partial charge in [-0.25, -0.2) is 8.78 Å². The number of hydrogen-bond donors (Lipinski definition) is 0. The molecule has 1 amide bonds. The van der Waals surface area contributed by atoms with Crippen molar-refractivity contribution in [2.75, 3.05) is 32.3 Å². The molecule has 30 heavy (non-hydrogen) atoms. The average Bonchev–Trinajstić information content (AvgIpc) is 2.71. The van der Waals surface area contributed by atoms with Gasteiger partial charge in [-0.1, -0.05) is 6.92 Å². The normalized spacial score (nSPS) is 13.0. The van der Waals surface area contributed by atoms with E-state index in [1.165, 1.54) is 23.7 Å². The van der Waals surface area contributed by atoms with E-state index in [2.05, 4.69) is 0 Å². The highest BCUT2D eigenvalue weighted by Crippen LogP contribution is 2.30. The zero-order valence-corrected chi connectivity index (χ0v) is 17.9. The number of pyridine rings is 1. The quantitative estimate of drug-likeness (QED) is 0.547. The van der Waals surface area contributed by atoms with Crippen molar-refractivity contribution in [3.63, 3.8) is 0 Å². The first-order valence-corrected chi connectivity index (χ1v) is 9.74. The van der Waals surface area contributed by atoms with Crippen LogP contribution in [0.5, 0.6) is 5.75 Å². The molecule has 0 bridgehead atoms. The van der Waals surface area contributed by atoms with Crippen LogP contribution in [0.3, 0.4) is 0 Å². The summed E-state index contributed by atoms with van der Waals surface area (Å²) in [4.78, 5) is 26.2. The summed E-state index contributed by atoms with van der Waals surface area (Å²) in [6.07, 6.45) is 2.54. The Balaban J connectivity index is 2.47. The first kappa shape index (κ1) is 23.5. The number of benzene rings is 1.